The molecule has 1 aromatic carbocycles. The number of fused-ring (bicyclic) bond motifs is 1. The van der Waals surface area contributed by atoms with Crippen molar-refractivity contribution in [2.24, 2.45) is 0 Å². The monoisotopic (exact) mass is 481 g/mol. The van der Waals surface area contributed by atoms with E-state index in [-0.39, 0.29) is 6.23 Å². The average Bonchev–Trinajstić information content (AvgIpc) is 3.12. The first kappa shape index (κ1) is 18.2. The van der Waals surface area contributed by atoms with Crippen LogP contribution in [-0.2, 0) is 4.74 Å². The number of methoxy groups -OCH3 is 2. The summed E-state index contributed by atoms with van der Waals surface area (Å²) in [7, 11) is 3.25. The molecule has 0 aliphatic carbocycles. The Bertz CT molecular complexity index is 956. The molecule has 9 heteroatoms. The number of nitrogens with one attached hydrogen (secondary N) is 1. The molecule has 27 heavy (non-hydrogen) atoms. The third-order valence-electron chi connectivity index (χ3n) is 4.52. The minimum atomic E-state index is -0.0337. The maximum atomic E-state index is 5.90. The molecule has 3 aromatic rings. The molecule has 1 atom stereocenters. The number of imidazole rings is 1. The number of aromatic nitrogens is 4. The maximum absolute atomic E-state index is 5.90. The van der Waals surface area contributed by atoms with Gasteiger partial charge in [-0.15, -0.1) is 0 Å². The minimum Gasteiger partial charge on any atom is -0.497 e. The standard InChI is InChI=1S/C18H20IN5O3/c1-25-11-6-7-13(26-2)12(9-11)21-16-15-17(23-18(19)22-16)24(10-20-15)14-5-3-4-8-27-14/h6-7,9-10,14H,3-5,8H2,1-2H3,(H,21,22,23). The second kappa shape index (κ2) is 7.85. The van der Waals surface area contributed by atoms with Crippen molar-refractivity contribution < 1.29 is 14.2 Å². The van der Waals surface area contributed by atoms with Gasteiger partial charge in [0.1, 0.15) is 17.7 Å². The zero-order chi connectivity index (χ0) is 18.8. The van der Waals surface area contributed by atoms with Gasteiger partial charge in [0.05, 0.1) is 26.2 Å². The lowest BCUT2D eigenvalue weighted by molar-refractivity contribution is -0.0298. The molecule has 0 amide bonds. The number of benzene rings is 1. The molecule has 3 heterocycles. The van der Waals surface area contributed by atoms with Gasteiger partial charge in [0.15, 0.2) is 20.8 Å². The van der Waals surface area contributed by atoms with Crippen molar-refractivity contribution in [3.05, 3.63) is 28.4 Å². The minimum absolute atomic E-state index is 0.0337. The number of hydrogen-bond donors (Lipinski definition) is 1. The van der Waals surface area contributed by atoms with Crippen molar-refractivity contribution in [2.45, 2.75) is 25.5 Å². The smallest absolute Gasteiger partial charge is 0.194 e. The molecule has 1 aliphatic heterocycles. The van der Waals surface area contributed by atoms with Crippen LogP contribution in [0, 0.1) is 3.83 Å². The molecule has 8 nitrogen and oxygen atoms in total. The molecule has 0 spiro atoms. The third kappa shape index (κ3) is 3.65. The Morgan fingerprint density at radius 3 is 2.85 bits per heavy atom. The summed E-state index contributed by atoms with van der Waals surface area (Å²) in [5, 5.41) is 3.32. The highest BCUT2D eigenvalue weighted by Crippen LogP contribution is 2.34. The highest BCUT2D eigenvalue weighted by atomic mass is 127. The number of rotatable bonds is 5. The summed E-state index contributed by atoms with van der Waals surface area (Å²) in [5.41, 5.74) is 2.19. The van der Waals surface area contributed by atoms with Crippen LogP contribution in [-0.4, -0.2) is 40.3 Å². The van der Waals surface area contributed by atoms with Gasteiger partial charge in [-0.05, 0) is 31.4 Å². The van der Waals surface area contributed by atoms with Crippen LogP contribution in [0.25, 0.3) is 11.2 Å². The first-order valence-electron chi connectivity index (χ1n) is 8.70. The van der Waals surface area contributed by atoms with Gasteiger partial charge in [-0.1, -0.05) is 0 Å². The highest BCUT2D eigenvalue weighted by molar-refractivity contribution is 14.1. The molecule has 1 saturated heterocycles. The van der Waals surface area contributed by atoms with E-state index >= 15 is 0 Å². The van der Waals surface area contributed by atoms with Crippen molar-refractivity contribution in [3.8, 4) is 11.5 Å². The van der Waals surface area contributed by atoms with Crippen LogP contribution in [0.4, 0.5) is 11.5 Å². The van der Waals surface area contributed by atoms with Gasteiger partial charge in [0, 0.05) is 35.3 Å². The van der Waals surface area contributed by atoms with E-state index in [4.69, 9.17) is 14.2 Å². The Labute approximate surface area is 170 Å². The second-order valence-electron chi connectivity index (χ2n) is 6.18. The van der Waals surface area contributed by atoms with Gasteiger partial charge >= 0.3 is 0 Å². The van der Waals surface area contributed by atoms with E-state index in [1.165, 1.54) is 0 Å². The quantitative estimate of drug-likeness (QED) is 0.438. The second-order valence-corrected chi connectivity index (χ2v) is 7.14. The molecular weight excluding hydrogens is 461 g/mol. The van der Waals surface area contributed by atoms with Gasteiger partial charge in [0.25, 0.3) is 0 Å². The SMILES string of the molecule is COc1ccc(OC)c(Nc2nc(I)nc3c2ncn3C2CCCCO2)c1. The Balaban J connectivity index is 1.75. The molecule has 1 aliphatic rings. The number of ether oxygens (including phenoxy) is 3. The van der Waals surface area contributed by atoms with E-state index in [9.17, 15) is 0 Å². The predicted molar refractivity (Wildman–Crippen MR) is 110 cm³/mol. The van der Waals surface area contributed by atoms with Gasteiger partial charge in [0.2, 0.25) is 0 Å². The number of halogens is 1. The largest absolute Gasteiger partial charge is 0.497 e. The number of nitrogens with zero attached hydrogens (tertiary/aromatic N) is 4. The highest BCUT2D eigenvalue weighted by Gasteiger charge is 2.21. The average molecular weight is 481 g/mol. The fourth-order valence-electron chi connectivity index (χ4n) is 3.17. The van der Waals surface area contributed by atoms with E-state index < -0.39 is 0 Å². The van der Waals surface area contributed by atoms with Gasteiger partial charge in [-0.2, -0.15) is 0 Å². The van der Waals surface area contributed by atoms with Gasteiger partial charge < -0.3 is 19.5 Å². The van der Waals surface area contributed by atoms with Gasteiger partial charge in [-0.3, -0.25) is 4.57 Å². The normalized spacial score (nSPS) is 17.1. The fourth-order valence-corrected chi connectivity index (χ4v) is 3.64. The molecule has 142 valence electrons. The van der Waals surface area contributed by atoms with Crippen LogP contribution in [0.3, 0.4) is 0 Å². The Morgan fingerprint density at radius 1 is 1.22 bits per heavy atom. The fraction of sp³-hybridized carbons (Fsp3) is 0.389. The summed E-state index contributed by atoms with van der Waals surface area (Å²) in [6.07, 6.45) is 4.93. The van der Waals surface area contributed by atoms with Crippen LogP contribution in [0.2, 0.25) is 0 Å². The van der Waals surface area contributed by atoms with E-state index in [1.54, 1.807) is 20.5 Å². The molecule has 0 saturated carbocycles. The molecule has 1 N–H and O–H groups in total. The molecule has 0 bridgehead atoms. The lowest BCUT2D eigenvalue weighted by Gasteiger charge is -2.23. The Hall–Kier alpha value is -2.14. The summed E-state index contributed by atoms with van der Waals surface area (Å²) in [6.45, 7) is 0.763. The van der Waals surface area contributed by atoms with Crippen molar-refractivity contribution in [1.29, 1.82) is 0 Å². The molecule has 1 unspecified atom stereocenters. The summed E-state index contributed by atoms with van der Waals surface area (Å²) in [5.74, 6) is 2.03. The molecule has 0 radical (unpaired) electrons. The first-order valence-corrected chi connectivity index (χ1v) is 9.78. The van der Waals surface area contributed by atoms with Crippen LogP contribution in [0.15, 0.2) is 24.5 Å². The number of anilines is 2. The van der Waals surface area contributed by atoms with E-state index in [0.29, 0.717) is 20.9 Å². The van der Waals surface area contributed by atoms with E-state index in [0.717, 1.165) is 43.0 Å². The molecular formula is C18H20IN5O3. The van der Waals surface area contributed by atoms with Crippen molar-refractivity contribution in [1.82, 2.24) is 19.5 Å². The van der Waals surface area contributed by atoms with Crippen LogP contribution >= 0.6 is 22.6 Å². The summed E-state index contributed by atoms with van der Waals surface area (Å²) < 4.78 is 19.3. The number of hydrogen-bond acceptors (Lipinski definition) is 7. The summed E-state index contributed by atoms with van der Waals surface area (Å²) in [6, 6.07) is 5.55. The summed E-state index contributed by atoms with van der Waals surface area (Å²) >= 11 is 2.11. The maximum Gasteiger partial charge on any atom is 0.194 e. The van der Waals surface area contributed by atoms with E-state index in [1.807, 2.05) is 22.8 Å². The van der Waals surface area contributed by atoms with Crippen LogP contribution < -0.4 is 14.8 Å². The molecule has 1 fully saturated rings. The van der Waals surface area contributed by atoms with Crippen molar-refractivity contribution >= 4 is 45.3 Å². The zero-order valence-electron chi connectivity index (χ0n) is 15.1. The lowest BCUT2D eigenvalue weighted by atomic mass is 10.2. The van der Waals surface area contributed by atoms with E-state index in [2.05, 4.69) is 42.9 Å². The zero-order valence-corrected chi connectivity index (χ0v) is 17.3. The topological polar surface area (TPSA) is 83.3 Å². The van der Waals surface area contributed by atoms with Crippen molar-refractivity contribution in [2.75, 3.05) is 26.1 Å². The Morgan fingerprint density at radius 2 is 2.11 bits per heavy atom. The van der Waals surface area contributed by atoms with Crippen LogP contribution in [0.1, 0.15) is 25.5 Å². The Kier molecular flexibility index (Phi) is 5.30. The summed E-state index contributed by atoms with van der Waals surface area (Å²) in [4.78, 5) is 13.7. The van der Waals surface area contributed by atoms with Crippen LogP contribution in [0.5, 0.6) is 11.5 Å². The predicted octanol–water partition coefficient (Wildman–Crippen LogP) is 3.89. The van der Waals surface area contributed by atoms with Gasteiger partial charge in [-0.25, -0.2) is 15.0 Å². The first-order chi connectivity index (χ1) is 13.2. The molecule has 4 rings (SSSR count). The third-order valence-corrected chi connectivity index (χ3v) is 5.00. The van der Waals surface area contributed by atoms with Crippen molar-refractivity contribution in [3.63, 3.8) is 0 Å². The lowest BCUT2D eigenvalue weighted by Crippen LogP contribution is -2.18. The molecule has 2 aromatic heterocycles.